The molecular weight excluding hydrogens is 408 g/mol. The van der Waals surface area contributed by atoms with Crippen LogP contribution >= 0.6 is 11.3 Å². The van der Waals surface area contributed by atoms with Crippen molar-refractivity contribution in [2.24, 2.45) is 5.41 Å². The Bertz CT molecular complexity index is 1100. The van der Waals surface area contributed by atoms with Gasteiger partial charge in [-0.3, -0.25) is 0 Å². The fourth-order valence-corrected chi connectivity index (χ4v) is 4.40. The van der Waals surface area contributed by atoms with E-state index in [1.165, 1.54) is 22.2 Å². The van der Waals surface area contributed by atoms with Gasteiger partial charge in [-0.25, -0.2) is 9.97 Å². The molecule has 3 aromatic rings. The maximum Gasteiger partial charge on any atom is 0.224 e. The summed E-state index contributed by atoms with van der Waals surface area (Å²) in [6.07, 6.45) is 4.57. The normalized spacial score (nSPS) is 19.3. The molecule has 0 saturated heterocycles. The molecule has 8 heteroatoms. The van der Waals surface area contributed by atoms with Crippen LogP contribution < -0.4 is 10.6 Å². The van der Waals surface area contributed by atoms with E-state index in [4.69, 9.17) is 0 Å². The predicted molar refractivity (Wildman–Crippen MR) is 123 cm³/mol. The molecule has 160 valence electrons. The first-order valence-corrected chi connectivity index (χ1v) is 11.2. The Hall–Kier alpha value is -3.02. The first kappa shape index (κ1) is 21.2. The second kappa shape index (κ2) is 8.61. The molecule has 3 N–H and O–H groups in total. The molecule has 1 saturated carbocycles. The molecule has 0 bridgehead atoms. The summed E-state index contributed by atoms with van der Waals surface area (Å²) in [6, 6.07) is 10.7. The summed E-state index contributed by atoms with van der Waals surface area (Å²) < 4.78 is 0. The lowest BCUT2D eigenvalue weighted by atomic mass is 9.64. The average Bonchev–Trinajstić information content (AvgIpc) is 3.20. The Morgan fingerprint density at radius 3 is 2.61 bits per heavy atom. The molecule has 0 radical (unpaired) electrons. The average molecular weight is 435 g/mol. The van der Waals surface area contributed by atoms with Crippen LogP contribution in [0.1, 0.15) is 36.4 Å². The highest BCUT2D eigenvalue weighted by Crippen LogP contribution is 2.42. The third kappa shape index (κ3) is 4.53. The van der Waals surface area contributed by atoms with E-state index < -0.39 is 0 Å². The van der Waals surface area contributed by atoms with Crippen molar-refractivity contribution in [2.45, 2.75) is 45.8 Å². The van der Waals surface area contributed by atoms with Crippen molar-refractivity contribution in [3.8, 4) is 16.5 Å². The van der Waals surface area contributed by atoms with Gasteiger partial charge in [0.05, 0.1) is 22.2 Å². The van der Waals surface area contributed by atoms with Gasteiger partial charge in [-0.2, -0.15) is 10.2 Å². The van der Waals surface area contributed by atoms with Crippen LogP contribution in [-0.4, -0.2) is 38.7 Å². The number of rotatable bonds is 7. The molecule has 2 heterocycles. The molecule has 31 heavy (non-hydrogen) atoms. The summed E-state index contributed by atoms with van der Waals surface area (Å²) in [6.45, 7) is 6.70. The Labute approximate surface area is 186 Å². The van der Waals surface area contributed by atoms with Crippen LogP contribution in [0.3, 0.4) is 0 Å². The standard InChI is InChI=1S/C23H26N6OS/c1-14-26-13-18(31-14)16-6-4-15(5-7-16)8-9-25-22-27-12-17(11-24)21(29-22)28-19-10-20(30)23(19,2)3/h4-7,12-13,19-20,30H,8-10H2,1-3H3,(H2,25,27,28,29)/t19-,20-/m1/s1. The van der Waals surface area contributed by atoms with E-state index in [0.717, 1.165) is 11.4 Å². The van der Waals surface area contributed by atoms with Gasteiger partial charge < -0.3 is 15.7 Å². The summed E-state index contributed by atoms with van der Waals surface area (Å²) in [4.78, 5) is 14.3. The van der Waals surface area contributed by atoms with Crippen LogP contribution in [0.15, 0.2) is 36.7 Å². The number of benzene rings is 1. The summed E-state index contributed by atoms with van der Waals surface area (Å²) >= 11 is 1.69. The SMILES string of the molecule is Cc1ncc(-c2ccc(CCNc3ncc(C#N)c(N[C@@H]4C[C@@H](O)C4(C)C)n3)cc2)s1. The van der Waals surface area contributed by atoms with Crippen LogP contribution in [0.25, 0.3) is 10.4 Å². The number of hydrogen-bond acceptors (Lipinski definition) is 8. The van der Waals surface area contributed by atoms with Crippen LogP contribution in [0, 0.1) is 23.7 Å². The summed E-state index contributed by atoms with van der Waals surface area (Å²) in [5, 5.41) is 27.0. The topological polar surface area (TPSA) is 107 Å². The molecule has 1 aliphatic carbocycles. The van der Waals surface area contributed by atoms with Crippen LogP contribution in [0.2, 0.25) is 0 Å². The maximum atomic E-state index is 9.96. The fraction of sp³-hybridized carbons (Fsp3) is 0.391. The van der Waals surface area contributed by atoms with E-state index in [9.17, 15) is 10.4 Å². The molecule has 0 spiro atoms. The molecule has 1 aliphatic rings. The third-order valence-electron chi connectivity index (χ3n) is 5.99. The number of aliphatic hydroxyl groups excluding tert-OH is 1. The largest absolute Gasteiger partial charge is 0.392 e. The molecule has 7 nitrogen and oxygen atoms in total. The van der Waals surface area contributed by atoms with E-state index in [2.05, 4.69) is 55.9 Å². The Morgan fingerprint density at radius 2 is 2.00 bits per heavy atom. The van der Waals surface area contributed by atoms with Crippen molar-refractivity contribution >= 4 is 23.1 Å². The summed E-state index contributed by atoms with van der Waals surface area (Å²) in [5.74, 6) is 0.991. The molecule has 0 aliphatic heterocycles. The number of aromatic nitrogens is 3. The highest BCUT2D eigenvalue weighted by Gasteiger charge is 2.47. The molecule has 4 rings (SSSR count). The number of nitriles is 1. The molecule has 1 fully saturated rings. The molecule has 0 unspecified atom stereocenters. The number of nitrogens with one attached hydrogen (secondary N) is 2. The second-order valence-corrected chi connectivity index (χ2v) is 9.69. The van der Waals surface area contributed by atoms with Crippen molar-refractivity contribution in [3.63, 3.8) is 0 Å². The number of aryl methyl sites for hydroxylation is 1. The van der Waals surface area contributed by atoms with E-state index in [-0.39, 0.29) is 17.6 Å². The maximum absolute atomic E-state index is 9.96. The highest BCUT2D eigenvalue weighted by molar-refractivity contribution is 7.15. The van der Waals surface area contributed by atoms with Crippen molar-refractivity contribution in [2.75, 3.05) is 17.2 Å². The third-order valence-corrected chi connectivity index (χ3v) is 6.95. The van der Waals surface area contributed by atoms with Gasteiger partial charge in [0.2, 0.25) is 5.95 Å². The minimum Gasteiger partial charge on any atom is -0.392 e. The van der Waals surface area contributed by atoms with Crippen molar-refractivity contribution in [3.05, 3.63) is 52.8 Å². The lowest BCUT2D eigenvalue weighted by Gasteiger charge is -2.49. The van der Waals surface area contributed by atoms with E-state index in [0.29, 0.717) is 30.3 Å². The van der Waals surface area contributed by atoms with Gasteiger partial charge >= 0.3 is 0 Å². The fourth-order valence-electron chi connectivity index (χ4n) is 3.62. The minimum atomic E-state index is -0.346. The van der Waals surface area contributed by atoms with Crippen LogP contribution in [-0.2, 0) is 6.42 Å². The number of hydrogen-bond donors (Lipinski definition) is 3. The van der Waals surface area contributed by atoms with Crippen LogP contribution in [0.5, 0.6) is 0 Å². The van der Waals surface area contributed by atoms with E-state index >= 15 is 0 Å². The Morgan fingerprint density at radius 1 is 1.23 bits per heavy atom. The highest BCUT2D eigenvalue weighted by atomic mass is 32.1. The van der Waals surface area contributed by atoms with Gasteiger partial charge in [0.15, 0.2) is 0 Å². The Balaban J connectivity index is 1.36. The molecule has 2 atom stereocenters. The van der Waals surface area contributed by atoms with Crippen LogP contribution in [0.4, 0.5) is 11.8 Å². The van der Waals surface area contributed by atoms with Gasteiger partial charge in [-0.05, 0) is 30.9 Å². The Kier molecular flexibility index (Phi) is 5.90. The summed E-state index contributed by atoms with van der Waals surface area (Å²) in [7, 11) is 0. The van der Waals surface area contributed by atoms with Gasteiger partial charge in [-0.15, -0.1) is 11.3 Å². The lowest BCUT2D eigenvalue weighted by Crippen LogP contribution is -2.57. The number of anilines is 2. The molecule has 2 aromatic heterocycles. The van der Waals surface area contributed by atoms with Crippen molar-refractivity contribution in [1.82, 2.24) is 15.0 Å². The molecule has 0 amide bonds. The lowest BCUT2D eigenvalue weighted by molar-refractivity contribution is -0.0511. The zero-order chi connectivity index (χ0) is 22.0. The first-order chi connectivity index (χ1) is 14.9. The number of nitrogens with zero attached hydrogens (tertiary/aromatic N) is 4. The van der Waals surface area contributed by atoms with Gasteiger partial charge in [0.1, 0.15) is 17.5 Å². The quantitative estimate of drug-likeness (QED) is 0.516. The number of thiazole rings is 1. The zero-order valence-electron chi connectivity index (χ0n) is 17.9. The van der Waals surface area contributed by atoms with E-state index in [1.807, 2.05) is 27.0 Å². The predicted octanol–water partition coefficient (Wildman–Crippen LogP) is 4.01. The second-order valence-electron chi connectivity index (χ2n) is 8.45. The smallest absolute Gasteiger partial charge is 0.224 e. The minimum absolute atomic E-state index is 0.0678. The zero-order valence-corrected chi connectivity index (χ0v) is 18.7. The number of aliphatic hydroxyl groups is 1. The van der Waals surface area contributed by atoms with Crippen molar-refractivity contribution in [1.29, 1.82) is 5.26 Å². The monoisotopic (exact) mass is 434 g/mol. The van der Waals surface area contributed by atoms with Gasteiger partial charge in [0, 0.05) is 24.2 Å². The van der Waals surface area contributed by atoms with Crippen molar-refractivity contribution < 1.29 is 5.11 Å². The van der Waals surface area contributed by atoms with E-state index in [1.54, 1.807) is 11.3 Å². The van der Waals surface area contributed by atoms with Gasteiger partial charge in [-0.1, -0.05) is 38.1 Å². The van der Waals surface area contributed by atoms with Gasteiger partial charge in [0.25, 0.3) is 0 Å². The molecular formula is C23H26N6OS. The molecule has 1 aromatic carbocycles. The summed E-state index contributed by atoms with van der Waals surface area (Å²) in [5.41, 5.74) is 2.54. The first-order valence-electron chi connectivity index (χ1n) is 10.3.